The molecular weight excluding hydrogens is 321 g/mol. The standard InChI is InChI=1S/C17H19Cl2NO2/c1-3-6-15(17(21-2)12-7-5-10-20-11-12)22-14-9-4-8-13(18)16(14)19/h4-5,7-11,15,17H,3,6H2,1-2H3. The van der Waals surface area contributed by atoms with E-state index in [1.165, 1.54) is 0 Å². The molecule has 0 amide bonds. The van der Waals surface area contributed by atoms with Crippen molar-refractivity contribution in [3.8, 4) is 5.75 Å². The number of hydrogen-bond donors (Lipinski definition) is 0. The summed E-state index contributed by atoms with van der Waals surface area (Å²) in [5.74, 6) is 0.568. The minimum absolute atomic E-state index is 0.171. The topological polar surface area (TPSA) is 31.4 Å². The summed E-state index contributed by atoms with van der Waals surface area (Å²) in [5.41, 5.74) is 0.974. The second-order valence-corrected chi connectivity index (χ2v) is 5.72. The minimum Gasteiger partial charge on any atom is -0.486 e. The Bertz CT molecular complexity index is 592. The van der Waals surface area contributed by atoms with E-state index >= 15 is 0 Å². The zero-order chi connectivity index (χ0) is 15.9. The fourth-order valence-corrected chi connectivity index (χ4v) is 2.68. The lowest BCUT2D eigenvalue weighted by molar-refractivity contribution is -0.00393. The molecule has 1 heterocycles. The van der Waals surface area contributed by atoms with Gasteiger partial charge in [0.1, 0.15) is 23.0 Å². The molecule has 0 saturated carbocycles. The third-order valence-corrected chi connectivity index (χ3v) is 4.17. The molecule has 22 heavy (non-hydrogen) atoms. The molecule has 0 N–H and O–H groups in total. The van der Waals surface area contributed by atoms with Gasteiger partial charge < -0.3 is 9.47 Å². The summed E-state index contributed by atoms with van der Waals surface area (Å²) in [5, 5.41) is 0.899. The molecule has 0 spiro atoms. The van der Waals surface area contributed by atoms with Gasteiger partial charge in [-0.2, -0.15) is 0 Å². The first kappa shape index (κ1) is 17.1. The third-order valence-electron chi connectivity index (χ3n) is 3.37. The first-order valence-corrected chi connectivity index (χ1v) is 7.96. The summed E-state index contributed by atoms with van der Waals surface area (Å²) in [6, 6.07) is 9.23. The van der Waals surface area contributed by atoms with Gasteiger partial charge in [0.05, 0.1) is 5.02 Å². The summed E-state index contributed by atoms with van der Waals surface area (Å²) in [6.07, 6.45) is 4.93. The van der Waals surface area contributed by atoms with Crippen LogP contribution in [-0.4, -0.2) is 18.2 Å². The van der Waals surface area contributed by atoms with Crippen LogP contribution in [0.5, 0.6) is 5.75 Å². The highest BCUT2D eigenvalue weighted by Crippen LogP contribution is 2.35. The molecule has 0 radical (unpaired) electrons. The van der Waals surface area contributed by atoms with Crippen molar-refractivity contribution >= 4 is 23.2 Å². The highest BCUT2D eigenvalue weighted by molar-refractivity contribution is 6.42. The Labute approximate surface area is 141 Å². The summed E-state index contributed by atoms with van der Waals surface area (Å²) >= 11 is 12.3. The Morgan fingerprint density at radius 2 is 2.00 bits per heavy atom. The fraction of sp³-hybridized carbons (Fsp3) is 0.353. The lowest BCUT2D eigenvalue weighted by Gasteiger charge is -2.27. The second kappa shape index (κ2) is 8.37. The van der Waals surface area contributed by atoms with E-state index in [-0.39, 0.29) is 12.2 Å². The fourth-order valence-electron chi connectivity index (χ4n) is 2.34. The third kappa shape index (κ3) is 4.13. The van der Waals surface area contributed by atoms with Gasteiger partial charge >= 0.3 is 0 Å². The molecule has 2 atom stereocenters. The molecular formula is C17H19Cl2NO2. The van der Waals surface area contributed by atoms with Crippen LogP contribution in [0.15, 0.2) is 42.7 Å². The molecule has 0 saturated heterocycles. The molecule has 0 aliphatic carbocycles. The van der Waals surface area contributed by atoms with Crippen molar-refractivity contribution in [2.45, 2.75) is 32.0 Å². The average molecular weight is 340 g/mol. The van der Waals surface area contributed by atoms with Crippen LogP contribution in [0.4, 0.5) is 0 Å². The number of ether oxygens (including phenoxy) is 2. The highest BCUT2D eigenvalue weighted by atomic mass is 35.5. The van der Waals surface area contributed by atoms with E-state index in [0.717, 1.165) is 18.4 Å². The second-order valence-electron chi connectivity index (χ2n) is 4.94. The molecule has 0 aliphatic rings. The molecule has 0 fully saturated rings. The first-order chi connectivity index (χ1) is 10.7. The van der Waals surface area contributed by atoms with Crippen LogP contribution in [0.2, 0.25) is 10.0 Å². The van der Waals surface area contributed by atoms with Crippen molar-refractivity contribution in [1.82, 2.24) is 4.98 Å². The molecule has 118 valence electrons. The molecule has 0 bridgehead atoms. The van der Waals surface area contributed by atoms with Crippen LogP contribution in [0.3, 0.4) is 0 Å². The summed E-state index contributed by atoms with van der Waals surface area (Å²) in [4.78, 5) is 4.15. The lowest BCUT2D eigenvalue weighted by Crippen LogP contribution is -2.27. The highest BCUT2D eigenvalue weighted by Gasteiger charge is 2.25. The molecule has 2 unspecified atom stereocenters. The molecule has 2 rings (SSSR count). The van der Waals surface area contributed by atoms with Gasteiger partial charge in [0.25, 0.3) is 0 Å². The summed E-state index contributed by atoms with van der Waals surface area (Å²) < 4.78 is 11.8. The Morgan fingerprint density at radius 3 is 2.64 bits per heavy atom. The maximum atomic E-state index is 6.22. The van der Waals surface area contributed by atoms with Crippen LogP contribution >= 0.6 is 23.2 Å². The van der Waals surface area contributed by atoms with Crippen molar-refractivity contribution in [3.63, 3.8) is 0 Å². The number of rotatable bonds is 7. The van der Waals surface area contributed by atoms with E-state index in [4.69, 9.17) is 32.7 Å². The van der Waals surface area contributed by atoms with Crippen molar-refractivity contribution in [2.24, 2.45) is 0 Å². The lowest BCUT2D eigenvalue weighted by atomic mass is 10.0. The summed E-state index contributed by atoms with van der Waals surface area (Å²) in [6.45, 7) is 2.10. The first-order valence-electron chi connectivity index (χ1n) is 7.20. The van der Waals surface area contributed by atoms with E-state index in [0.29, 0.717) is 15.8 Å². The molecule has 1 aromatic carbocycles. The van der Waals surface area contributed by atoms with Crippen molar-refractivity contribution < 1.29 is 9.47 Å². The van der Waals surface area contributed by atoms with E-state index in [1.807, 2.05) is 24.3 Å². The van der Waals surface area contributed by atoms with Gasteiger partial charge in [-0.05, 0) is 24.6 Å². The van der Waals surface area contributed by atoms with Crippen molar-refractivity contribution in [3.05, 3.63) is 58.3 Å². The van der Waals surface area contributed by atoms with Gasteiger partial charge in [-0.3, -0.25) is 4.98 Å². The number of benzene rings is 1. The number of hydrogen-bond acceptors (Lipinski definition) is 3. The molecule has 3 nitrogen and oxygen atoms in total. The number of aromatic nitrogens is 1. The largest absolute Gasteiger partial charge is 0.486 e. The van der Waals surface area contributed by atoms with Crippen molar-refractivity contribution in [2.75, 3.05) is 7.11 Å². The molecule has 0 aliphatic heterocycles. The quantitative estimate of drug-likeness (QED) is 0.683. The number of methoxy groups -OCH3 is 1. The van der Waals surface area contributed by atoms with E-state index in [2.05, 4.69) is 11.9 Å². The van der Waals surface area contributed by atoms with E-state index in [1.54, 1.807) is 25.6 Å². The van der Waals surface area contributed by atoms with Gasteiger partial charge in [-0.15, -0.1) is 0 Å². The molecule has 5 heteroatoms. The van der Waals surface area contributed by atoms with Crippen molar-refractivity contribution in [1.29, 1.82) is 0 Å². The number of halogens is 2. The Hall–Kier alpha value is -1.29. The Kier molecular flexibility index (Phi) is 6.49. The van der Waals surface area contributed by atoms with Crippen LogP contribution in [0, 0.1) is 0 Å². The maximum Gasteiger partial charge on any atom is 0.140 e. The maximum absolute atomic E-state index is 6.22. The van der Waals surface area contributed by atoms with Crippen LogP contribution in [0.25, 0.3) is 0 Å². The number of pyridine rings is 1. The zero-order valence-electron chi connectivity index (χ0n) is 12.6. The van der Waals surface area contributed by atoms with Gasteiger partial charge in [0.15, 0.2) is 0 Å². The van der Waals surface area contributed by atoms with E-state index in [9.17, 15) is 0 Å². The van der Waals surface area contributed by atoms with Gasteiger partial charge in [-0.25, -0.2) is 0 Å². The monoisotopic (exact) mass is 339 g/mol. The number of nitrogens with zero attached hydrogens (tertiary/aromatic N) is 1. The average Bonchev–Trinajstić information content (AvgIpc) is 2.54. The van der Waals surface area contributed by atoms with Crippen LogP contribution in [0.1, 0.15) is 31.4 Å². The minimum atomic E-state index is -0.219. The normalized spacial score (nSPS) is 13.6. The van der Waals surface area contributed by atoms with E-state index < -0.39 is 0 Å². The predicted octanol–water partition coefficient (Wildman–Crippen LogP) is 5.32. The Balaban J connectivity index is 2.26. The molecule has 2 aromatic rings. The zero-order valence-corrected chi connectivity index (χ0v) is 14.1. The SMILES string of the molecule is CCCC(Oc1cccc(Cl)c1Cl)C(OC)c1cccnc1. The summed E-state index contributed by atoms with van der Waals surface area (Å²) in [7, 11) is 1.67. The van der Waals surface area contributed by atoms with Gasteiger partial charge in [0.2, 0.25) is 0 Å². The van der Waals surface area contributed by atoms with Gasteiger partial charge in [0, 0.05) is 25.1 Å². The molecule has 1 aromatic heterocycles. The predicted molar refractivity (Wildman–Crippen MR) is 89.8 cm³/mol. The smallest absolute Gasteiger partial charge is 0.140 e. The van der Waals surface area contributed by atoms with Crippen LogP contribution in [-0.2, 0) is 4.74 Å². The van der Waals surface area contributed by atoms with Gasteiger partial charge in [-0.1, -0.05) is 48.7 Å². The van der Waals surface area contributed by atoms with Crippen LogP contribution < -0.4 is 4.74 Å². The Morgan fingerprint density at radius 1 is 1.18 bits per heavy atom.